The van der Waals surface area contributed by atoms with E-state index in [4.69, 9.17) is 0 Å². The molecule has 0 N–H and O–H groups in total. The Morgan fingerprint density at radius 1 is 1.16 bits per heavy atom. The van der Waals surface area contributed by atoms with E-state index in [2.05, 4.69) is 16.2 Å². The Labute approximate surface area is 147 Å². The Balaban J connectivity index is 1.70. The lowest BCUT2D eigenvalue weighted by Crippen LogP contribution is -2.11. The predicted octanol–water partition coefficient (Wildman–Crippen LogP) is 3.95. The first-order valence-corrected chi connectivity index (χ1v) is 8.53. The molecule has 0 aliphatic rings. The largest absolute Gasteiger partial charge is 0.292 e. The highest BCUT2D eigenvalue weighted by Gasteiger charge is 2.27. The summed E-state index contributed by atoms with van der Waals surface area (Å²) in [6.45, 7) is 0. The van der Waals surface area contributed by atoms with E-state index in [1.165, 1.54) is 17.5 Å². The van der Waals surface area contributed by atoms with E-state index in [0.717, 1.165) is 11.3 Å². The molecule has 6 heteroatoms. The summed E-state index contributed by atoms with van der Waals surface area (Å²) in [6.07, 6.45) is 3.28. The normalized spacial score (nSPS) is 12.0. The van der Waals surface area contributed by atoms with Crippen LogP contribution in [0.25, 0.3) is 16.8 Å². The van der Waals surface area contributed by atoms with Gasteiger partial charge >= 0.3 is 0 Å². The second-order valence-corrected chi connectivity index (χ2v) is 6.34. The van der Waals surface area contributed by atoms with Crippen LogP contribution >= 0.6 is 11.3 Å². The number of nitriles is 1. The minimum absolute atomic E-state index is 0.280. The second kappa shape index (κ2) is 6.30. The molecule has 25 heavy (non-hydrogen) atoms. The molecule has 4 aromatic rings. The lowest BCUT2D eigenvalue weighted by Gasteiger charge is -2.04. The van der Waals surface area contributed by atoms with Gasteiger partial charge < -0.3 is 0 Å². The van der Waals surface area contributed by atoms with Gasteiger partial charge in [0.2, 0.25) is 0 Å². The number of carbonyl (C=O) groups is 1. The Hall–Kier alpha value is -3.30. The van der Waals surface area contributed by atoms with E-state index in [1.54, 1.807) is 10.7 Å². The number of hydrogen-bond donors (Lipinski definition) is 0. The number of hydrogen-bond acceptors (Lipinski definition) is 5. The Bertz CT molecular complexity index is 1090. The highest BCUT2D eigenvalue weighted by Crippen LogP contribution is 2.29. The van der Waals surface area contributed by atoms with Crippen molar-refractivity contribution in [2.24, 2.45) is 0 Å². The summed E-state index contributed by atoms with van der Waals surface area (Å²) in [4.78, 5) is 17.4. The third kappa shape index (κ3) is 2.71. The first-order chi connectivity index (χ1) is 12.3. The number of carbonyl (C=O) groups excluding carboxylic acids is 1. The van der Waals surface area contributed by atoms with Gasteiger partial charge in [0.25, 0.3) is 0 Å². The summed E-state index contributed by atoms with van der Waals surface area (Å²) in [5.74, 6) is -1.21. The maximum Gasteiger partial charge on any atom is 0.190 e. The minimum Gasteiger partial charge on any atom is -0.292 e. The fourth-order valence-electron chi connectivity index (χ4n) is 2.67. The molecule has 4 rings (SSSR count). The van der Waals surface area contributed by atoms with Crippen LogP contribution in [-0.4, -0.2) is 20.4 Å². The molecule has 0 unspecified atom stereocenters. The van der Waals surface area contributed by atoms with Gasteiger partial charge in [-0.25, -0.2) is 9.50 Å². The van der Waals surface area contributed by atoms with E-state index in [9.17, 15) is 10.1 Å². The van der Waals surface area contributed by atoms with E-state index in [1.807, 2.05) is 53.9 Å². The summed E-state index contributed by atoms with van der Waals surface area (Å²) >= 11 is 1.33. The van der Waals surface area contributed by atoms with Crippen molar-refractivity contribution in [3.8, 4) is 17.3 Å². The second-order valence-electron chi connectivity index (χ2n) is 5.45. The maximum atomic E-state index is 12.9. The third-order valence-electron chi connectivity index (χ3n) is 3.92. The van der Waals surface area contributed by atoms with Gasteiger partial charge in [-0.05, 0) is 12.1 Å². The van der Waals surface area contributed by atoms with Gasteiger partial charge in [-0.15, -0.1) is 11.3 Å². The molecule has 3 aromatic heterocycles. The van der Waals surface area contributed by atoms with E-state index < -0.39 is 5.92 Å². The van der Waals surface area contributed by atoms with E-state index >= 15 is 0 Å². The van der Waals surface area contributed by atoms with Gasteiger partial charge in [-0.3, -0.25) is 4.79 Å². The number of benzene rings is 1. The van der Waals surface area contributed by atoms with Crippen molar-refractivity contribution in [2.75, 3.05) is 0 Å². The van der Waals surface area contributed by atoms with Crippen LogP contribution in [0.2, 0.25) is 0 Å². The fraction of sp³-hybridized carbons (Fsp3) is 0.0526. The minimum atomic E-state index is -0.935. The van der Waals surface area contributed by atoms with Crippen LogP contribution in [0.5, 0.6) is 0 Å². The molecular formula is C19H12N4OS. The number of Topliss-reactive ketones (excluding diaryl/α,β-unsaturated/α-hetero) is 1. The number of aromatic nitrogens is 3. The van der Waals surface area contributed by atoms with Crippen molar-refractivity contribution in [3.05, 3.63) is 76.9 Å². The smallest absolute Gasteiger partial charge is 0.190 e. The number of nitrogens with zero attached hydrogens (tertiary/aromatic N) is 4. The molecule has 0 radical (unpaired) electrons. The van der Waals surface area contributed by atoms with Gasteiger partial charge in [0.15, 0.2) is 11.7 Å². The molecule has 1 atom stereocenters. The molecule has 0 aliphatic carbocycles. The first kappa shape index (κ1) is 15.2. The number of rotatable bonds is 4. The fourth-order valence-corrected chi connectivity index (χ4v) is 3.54. The summed E-state index contributed by atoms with van der Waals surface area (Å²) in [6, 6.07) is 17.3. The quantitative estimate of drug-likeness (QED) is 0.526. The van der Waals surface area contributed by atoms with Crippen LogP contribution in [0.15, 0.2) is 66.3 Å². The van der Waals surface area contributed by atoms with Crippen molar-refractivity contribution in [1.29, 1.82) is 5.26 Å². The molecule has 0 saturated carbocycles. The van der Waals surface area contributed by atoms with Crippen LogP contribution in [0.4, 0.5) is 0 Å². The van der Waals surface area contributed by atoms with Gasteiger partial charge in [-0.1, -0.05) is 36.4 Å². The van der Waals surface area contributed by atoms with Gasteiger partial charge in [0, 0.05) is 17.1 Å². The predicted molar refractivity (Wildman–Crippen MR) is 95.4 cm³/mol. The maximum absolute atomic E-state index is 12.9. The average Bonchev–Trinajstić information content (AvgIpc) is 3.30. The standard InChI is InChI=1S/C19H12N4OS/c20-10-14(18(24)15-11-21-23-9-5-4-8-17(15)23)19-22-16(12-25-19)13-6-2-1-3-7-13/h1-9,11-12,14H/t14-/m0/s1. The molecule has 0 saturated heterocycles. The molecule has 0 fully saturated rings. The highest BCUT2D eigenvalue weighted by atomic mass is 32.1. The molecule has 5 nitrogen and oxygen atoms in total. The zero-order valence-electron chi connectivity index (χ0n) is 13.0. The van der Waals surface area contributed by atoms with Crippen LogP contribution in [0, 0.1) is 11.3 Å². The summed E-state index contributed by atoms with van der Waals surface area (Å²) < 4.78 is 1.62. The highest BCUT2D eigenvalue weighted by molar-refractivity contribution is 7.10. The molecule has 120 valence electrons. The van der Waals surface area contributed by atoms with E-state index in [-0.39, 0.29) is 5.78 Å². The van der Waals surface area contributed by atoms with Crippen molar-refractivity contribution in [3.63, 3.8) is 0 Å². The van der Waals surface area contributed by atoms with Gasteiger partial charge in [0.1, 0.15) is 5.01 Å². The van der Waals surface area contributed by atoms with Gasteiger partial charge in [-0.2, -0.15) is 10.4 Å². The number of ketones is 1. The number of thiazole rings is 1. The van der Waals surface area contributed by atoms with Crippen LogP contribution in [-0.2, 0) is 0 Å². The van der Waals surface area contributed by atoms with Crippen molar-refractivity contribution < 1.29 is 4.79 Å². The summed E-state index contributed by atoms with van der Waals surface area (Å²) in [5, 5.41) is 16.1. The Kier molecular flexibility index (Phi) is 3.84. The molecule has 0 aliphatic heterocycles. The van der Waals surface area contributed by atoms with E-state index in [0.29, 0.717) is 16.1 Å². The summed E-state index contributed by atoms with van der Waals surface area (Å²) in [5.41, 5.74) is 2.86. The molecule has 0 spiro atoms. The van der Waals surface area contributed by atoms with Gasteiger partial charge in [0.05, 0.1) is 29.0 Å². The molecule has 0 amide bonds. The monoisotopic (exact) mass is 344 g/mol. The molecule has 0 bridgehead atoms. The van der Waals surface area contributed by atoms with Crippen molar-refractivity contribution in [2.45, 2.75) is 5.92 Å². The molecular weight excluding hydrogens is 332 g/mol. The summed E-state index contributed by atoms with van der Waals surface area (Å²) in [7, 11) is 0. The van der Waals surface area contributed by atoms with Crippen molar-refractivity contribution >= 4 is 22.6 Å². The van der Waals surface area contributed by atoms with Crippen LogP contribution < -0.4 is 0 Å². The zero-order valence-corrected chi connectivity index (χ0v) is 13.9. The average molecular weight is 344 g/mol. The third-order valence-corrected chi connectivity index (χ3v) is 4.83. The van der Waals surface area contributed by atoms with Crippen LogP contribution in [0.1, 0.15) is 21.3 Å². The zero-order chi connectivity index (χ0) is 17.2. The van der Waals surface area contributed by atoms with Crippen LogP contribution in [0.3, 0.4) is 0 Å². The lowest BCUT2D eigenvalue weighted by molar-refractivity contribution is 0.0980. The Morgan fingerprint density at radius 3 is 2.76 bits per heavy atom. The number of fused-ring (bicyclic) bond motifs is 1. The van der Waals surface area contributed by atoms with Crippen molar-refractivity contribution in [1.82, 2.24) is 14.6 Å². The SMILES string of the molecule is N#C[C@@H](C(=O)c1cnn2ccccc12)c1nc(-c2ccccc2)cs1. The topological polar surface area (TPSA) is 71.0 Å². The Morgan fingerprint density at radius 2 is 1.96 bits per heavy atom. The first-order valence-electron chi connectivity index (χ1n) is 7.65. The lowest BCUT2D eigenvalue weighted by atomic mass is 10.0. The molecule has 3 heterocycles. The molecule has 1 aromatic carbocycles. The number of pyridine rings is 1.